The molecule has 1 aromatic rings. The molecule has 0 radical (unpaired) electrons. The number of hydrogen-bond acceptors (Lipinski definition) is 5. The fourth-order valence-corrected chi connectivity index (χ4v) is 3.89. The average molecular weight is 409 g/mol. The lowest BCUT2D eigenvalue weighted by atomic mass is 10.1. The number of aromatic carboxylic acids is 1. The summed E-state index contributed by atoms with van der Waals surface area (Å²) in [4.78, 5) is 15.2. The highest BCUT2D eigenvalue weighted by Gasteiger charge is 2.35. The Balaban J connectivity index is 2.05. The number of carboxylic acids is 1. The predicted molar refractivity (Wildman–Crippen MR) is 94.4 cm³/mol. The van der Waals surface area contributed by atoms with Crippen LogP contribution >= 0.6 is 0 Å². The molecule has 2 rings (SSSR count). The Hall–Kier alpha value is -1.85. The van der Waals surface area contributed by atoms with Gasteiger partial charge < -0.3 is 14.9 Å². The Morgan fingerprint density at radius 2 is 1.85 bits per heavy atom. The van der Waals surface area contributed by atoms with E-state index in [0.717, 1.165) is 32.2 Å². The number of sulfonamides is 1. The minimum atomic E-state index is -4.81. The van der Waals surface area contributed by atoms with Crippen LogP contribution < -0.4 is 4.72 Å². The van der Waals surface area contributed by atoms with Gasteiger partial charge in [0.05, 0.1) is 22.6 Å². The van der Waals surface area contributed by atoms with Gasteiger partial charge >= 0.3 is 12.1 Å². The third-order valence-electron chi connectivity index (χ3n) is 4.32. The summed E-state index contributed by atoms with van der Waals surface area (Å²) in [6, 6.07) is 2.03. The Labute approximate surface area is 155 Å². The minimum Gasteiger partial charge on any atom is -0.478 e. The van der Waals surface area contributed by atoms with E-state index in [1.165, 1.54) is 0 Å². The van der Waals surface area contributed by atoms with Crippen molar-refractivity contribution in [1.29, 1.82) is 0 Å². The van der Waals surface area contributed by atoms with E-state index in [0.29, 0.717) is 18.7 Å². The van der Waals surface area contributed by atoms with Gasteiger partial charge in [-0.1, -0.05) is 0 Å². The lowest BCUT2D eigenvalue weighted by Gasteiger charge is -2.32. The standard InChI is InChI=1S/C16H22F3N3O4S/c1-21-6-8-22(9-7-21)5-2-10-27(25,26)20-14-11-12(15(23)24)3-4-13(14)16(17,18)19/h3-4,11,20H,2,5-10H2,1H3,(H,23,24). The molecule has 0 aliphatic carbocycles. The first-order valence-electron chi connectivity index (χ1n) is 8.34. The second kappa shape index (κ2) is 8.44. The number of halogens is 3. The van der Waals surface area contributed by atoms with Gasteiger partial charge in [0.1, 0.15) is 0 Å². The second-order valence-corrected chi connectivity index (χ2v) is 8.32. The van der Waals surface area contributed by atoms with Crippen molar-refractivity contribution in [3.63, 3.8) is 0 Å². The molecule has 1 aliphatic heterocycles. The lowest BCUT2D eigenvalue weighted by molar-refractivity contribution is -0.136. The molecule has 27 heavy (non-hydrogen) atoms. The van der Waals surface area contributed by atoms with E-state index in [9.17, 15) is 26.4 Å². The van der Waals surface area contributed by atoms with E-state index in [1.54, 1.807) is 0 Å². The maximum absolute atomic E-state index is 13.1. The normalized spacial score (nSPS) is 17.0. The van der Waals surface area contributed by atoms with Gasteiger partial charge in [0, 0.05) is 26.2 Å². The van der Waals surface area contributed by atoms with Crippen LogP contribution in [0.5, 0.6) is 0 Å². The molecule has 0 bridgehead atoms. The molecular formula is C16H22F3N3O4S. The topological polar surface area (TPSA) is 90.0 Å². The van der Waals surface area contributed by atoms with Crippen LogP contribution in [0.25, 0.3) is 0 Å². The molecule has 0 atom stereocenters. The van der Waals surface area contributed by atoms with E-state index >= 15 is 0 Å². The minimum absolute atomic E-state index is 0.263. The third-order valence-corrected chi connectivity index (χ3v) is 5.68. The molecule has 1 aliphatic rings. The number of nitrogens with zero attached hydrogens (tertiary/aromatic N) is 2. The average Bonchev–Trinajstić information content (AvgIpc) is 2.55. The summed E-state index contributed by atoms with van der Waals surface area (Å²) < 4.78 is 65.6. The molecule has 152 valence electrons. The van der Waals surface area contributed by atoms with Gasteiger partial charge in [0.15, 0.2) is 0 Å². The second-order valence-electron chi connectivity index (χ2n) is 6.48. The molecule has 1 saturated heterocycles. The SMILES string of the molecule is CN1CCN(CCCS(=O)(=O)Nc2cc(C(=O)O)ccc2C(F)(F)F)CC1. The summed E-state index contributed by atoms with van der Waals surface area (Å²) in [7, 11) is -2.06. The van der Waals surface area contributed by atoms with Crippen molar-refractivity contribution in [2.75, 3.05) is 50.2 Å². The summed E-state index contributed by atoms with van der Waals surface area (Å²) in [5.41, 5.74) is -2.43. The van der Waals surface area contributed by atoms with Crippen LogP contribution in [0, 0.1) is 0 Å². The Morgan fingerprint density at radius 3 is 2.41 bits per heavy atom. The molecule has 1 heterocycles. The van der Waals surface area contributed by atoms with Gasteiger partial charge in [-0.15, -0.1) is 0 Å². The zero-order chi connectivity index (χ0) is 20.2. The summed E-state index contributed by atoms with van der Waals surface area (Å²) in [5, 5.41) is 8.94. The van der Waals surface area contributed by atoms with Crippen molar-refractivity contribution in [3.05, 3.63) is 29.3 Å². The molecule has 0 unspecified atom stereocenters. The van der Waals surface area contributed by atoms with Crippen molar-refractivity contribution in [1.82, 2.24) is 9.80 Å². The molecule has 11 heteroatoms. The molecule has 0 amide bonds. The maximum Gasteiger partial charge on any atom is 0.418 e. The van der Waals surface area contributed by atoms with Gasteiger partial charge in [0.25, 0.3) is 0 Å². The highest BCUT2D eigenvalue weighted by molar-refractivity contribution is 7.92. The number of alkyl halides is 3. The molecule has 0 saturated carbocycles. The Bertz CT molecular complexity index is 776. The number of anilines is 1. The summed E-state index contributed by atoms with van der Waals surface area (Å²) in [6.45, 7) is 3.89. The van der Waals surface area contributed by atoms with Gasteiger partial charge in [-0.3, -0.25) is 4.72 Å². The first kappa shape index (κ1) is 21.5. The smallest absolute Gasteiger partial charge is 0.418 e. The summed E-state index contributed by atoms with van der Waals surface area (Å²) >= 11 is 0. The van der Waals surface area contributed by atoms with Gasteiger partial charge in [-0.2, -0.15) is 13.2 Å². The molecular weight excluding hydrogens is 387 g/mol. The van der Waals surface area contributed by atoms with Crippen molar-refractivity contribution in [3.8, 4) is 0 Å². The molecule has 7 nitrogen and oxygen atoms in total. The van der Waals surface area contributed by atoms with Crippen LogP contribution in [0.4, 0.5) is 18.9 Å². The zero-order valence-corrected chi connectivity index (χ0v) is 15.6. The number of hydrogen-bond donors (Lipinski definition) is 2. The number of likely N-dealkylation sites (N-methyl/N-ethyl adjacent to an activating group) is 1. The molecule has 2 N–H and O–H groups in total. The monoisotopic (exact) mass is 409 g/mol. The molecule has 0 spiro atoms. The highest BCUT2D eigenvalue weighted by Crippen LogP contribution is 2.35. The molecule has 1 aromatic carbocycles. The number of rotatable bonds is 7. The van der Waals surface area contributed by atoms with Crippen LogP contribution in [0.2, 0.25) is 0 Å². The maximum atomic E-state index is 13.1. The number of piperazine rings is 1. The Kier molecular flexibility index (Phi) is 6.71. The fraction of sp³-hybridized carbons (Fsp3) is 0.562. The van der Waals surface area contributed by atoms with Gasteiger partial charge in [-0.25, -0.2) is 13.2 Å². The first-order chi connectivity index (χ1) is 12.5. The van der Waals surface area contributed by atoms with E-state index in [4.69, 9.17) is 5.11 Å². The van der Waals surface area contributed by atoms with Crippen molar-refractivity contribution >= 4 is 21.7 Å². The van der Waals surface area contributed by atoms with E-state index in [1.807, 2.05) is 11.8 Å². The van der Waals surface area contributed by atoms with Crippen molar-refractivity contribution in [2.24, 2.45) is 0 Å². The van der Waals surface area contributed by atoms with E-state index in [2.05, 4.69) is 9.80 Å². The van der Waals surface area contributed by atoms with Gasteiger partial charge in [0.2, 0.25) is 10.0 Å². The zero-order valence-electron chi connectivity index (χ0n) is 14.8. The van der Waals surface area contributed by atoms with Gasteiger partial charge in [-0.05, 0) is 38.2 Å². The Morgan fingerprint density at radius 1 is 1.22 bits per heavy atom. The predicted octanol–water partition coefficient (Wildman–Crippen LogP) is 1.78. The number of benzene rings is 1. The van der Waals surface area contributed by atoms with Crippen molar-refractivity contribution in [2.45, 2.75) is 12.6 Å². The van der Waals surface area contributed by atoms with Crippen LogP contribution in [0.3, 0.4) is 0 Å². The van der Waals surface area contributed by atoms with Crippen LogP contribution in [-0.4, -0.2) is 74.8 Å². The molecule has 1 fully saturated rings. The number of nitrogens with one attached hydrogen (secondary N) is 1. The quantitative estimate of drug-likeness (QED) is 0.714. The lowest BCUT2D eigenvalue weighted by Crippen LogP contribution is -2.45. The molecule has 0 aromatic heterocycles. The largest absolute Gasteiger partial charge is 0.478 e. The first-order valence-corrected chi connectivity index (χ1v) is 9.99. The van der Waals surface area contributed by atoms with Crippen molar-refractivity contribution < 1.29 is 31.5 Å². The van der Waals surface area contributed by atoms with E-state index < -0.39 is 39.0 Å². The number of carboxylic acid groups (broad SMARTS) is 1. The summed E-state index contributed by atoms with van der Waals surface area (Å²) in [5.74, 6) is -1.80. The number of carbonyl (C=O) groups is 1. The van der Waals surface area contributed by atoms with Crippen LogP contribution in [0.1, 0.15) is 22.3 Å². The highest BCUT2D eigenvalue weighted by atomic mass is 32.2. The summed E-state index contributed by atoms with van der Waals surface area (Å²) in [6.07, 6.45) is -4.55. The van der Waals surface area contributed by atoms with Crippen LogP contribution in [-0.2, 0) is 16.2 Å². The third kappa shape index (κ3) is 6.36. The fourth-order valence-electron chi connectivity index (χ4n) is 2.78. The van der Waals surface area contributed by atoms with Crippen LogP contribution in [0.15, 0.2) is 18.2 Å². The van der Waals surface area contributed by atoms with E-state index in [-0.39, 0.29) is 12.2 Å².